The summed E-state index contributed by atoms with van der Waals surface area (Å²) < 4.78 is 5.23. The molecule has 0 saturated heterocycles. The van der Waals surface area contributed by atoms with E-state index < -0.39 is 0 Å². The van der Waals surface area contributed by atoms with E-state index in [1.54, 1.807) is 6.08 Å². The molecule has 44 valence electrons. The van der Waals surface area contributed by atoms with Gasteiger partial charge in [0.2, 0.25) is 0 Å². The van der Waals surface area contributed by atoms with Gasteiger partial charge in [-0.25, -0.2) is 4.79 Å². The predicted octanol–water partition coefficient (Wildman–Crippen LogP) is 1.21. The monoisotopic (exact) mass is 176 g/mol. The summed E-state index contributed by atoms with van der Waals surface area (Å²) in [6, 6.07) is 0. The molecule has 0 amide bonds. The van der Waals surface area contributed by atoms with Crippen molar-refractivity contribution in [2.24, 2.45) is 0 Å². The van der Waals surface area contributed by atoms with Gasteiger partial charge in [0.25, 0.3) is 0 Å². The third-order valence-electron chi connectivity index (χ3n) is 0.869. The number of hydrogen-bond acceptors (Lipinski definition) is 2. The van der Waals surface area contributed by atoms with E-state index in [-0.39, 0.29) is 12.1 Å². The van der Waals surface area contributed by atoms with E-state index in [0.717, 1.165) is 0 Å². The van der Waals surface area contributed by atoms with Crippen molar-refractivity contribution >= 4 is 21.9 Å². The molecule has 0 fully saturated rings. The smallest absolute Gasteiger partial charge is 0.345 e. The van der Waals surface area contributed by atoms with Gasteiger partial charge < -0.3 is 4.74 Å². The summed E-state index contributed by atoms with van der Waals surface area (Å²) in [5.74, 6) is -0.266. The Labute approximate surface area is 55.6 Å². The number of carbonyl (C=O) groups is 1. The van der Waals surface area contributed by atoms with E-state index in [0.29, 0.717) is 4.48 Å². The third-order valence-corrected chi connectivity index (χ3v) is 1.46. The maximum Gasteiger partial charge on any atom is 0.345 e. The number of hydrogen-bond donors (Lipinski definition) is 0. The SMILES string of the molecule is C[C@H]1C=C(Br)C(=O)O1. The molecule has 1 rings (SSSR count). The molecule has 0 aromatic carbocycles. The molecule has 0 aromatic heterocycles. The van der Waals surface area contributed by atoms with Gasteiger partial charge in [0, 0.05) is 0 Å². The molecule has 1 aliphatic heterocycles. The van der Waals surface area contributed by atoms with Crippen molar-refractivity contribution < 1.29 is 9.53 Å². The quantitative estimate of drug-likeness (QED) is 0.519. The molecule has 8 heavy (non-hydrogen) atoms. The minimum atomic E-state index is -0.266. The topological polar surface area (TPSA) is 26.3 Å². The normalized spacial score (nSPS) is 27.5. The largest absolute Gasteiger partial charge is 0.454 e. The Kier molecular flexibility index (Phi) is 1.38. The van der Waals surface area contributed by atoms with Crippen LogP contribution < -0.4 is 0 Å². The second-order valence-electron chi connectivity index (χ2n) is 1.63. The zero-order valence-corrected chi connectivity index (χ0v) is 5.94. The Hall–Kier alpha value is -0.310. The summed E-state index contributed by atoms with van der Waals surface area (Å²) >= 11 is 3.03. The number of cyclic esters (lactones) is 1. The van der Waals surface area contributed by atoms with Crippen LogP contribution in [0.2, 0.25) is 0 Å². The van der Waals surface area contributed by atoms with Gasteiger partial charge in [-0.15, -0.1) is 0 Å². The van der Waals surface area contributed by atoms with E-state index >= 15 is 0 Å². The Bertz CT molecular complexity index is 151. The van der Waals surface area contributed by atoms with Crippen LogP contribution in [-0.2, 0) is 9.53 Å². The highest BCUT2D eigenvalue weighted by Gasteiger charge is 2.18. The van der Waals surface area contributed by atoms with Crippen molar-refractivity contribution in [3.63, 3.8) is 0 Å². The molecular formula is C5H5BrO2. The highest BCUT2D eigenvalue weighted by Crippen LogP contribution is 2.17. The van der Waals surface area contributed by atoms with Gasteiger partial charge in [0.05, 0.1) is 0 Å². The van der Waals surface area contributed by atoms with Crippen LogP contribution in [0.1, 0.15) is 6.92 Å². The van der Waals surface area contributed by atoms with E-state index in [9.17, 15) is 4.79 Å². The zero-order valence-electron chi connectivity index (χ0n) is 4.35. The maximum absolute atomic E-state index is 10.4. The molecule has 2 nitrogen and oxygen atoms in total. The molecule has 0 aromatic rings. The summed E-state index contributed by atoms with van der Waals surface area (Å²) in [6.07, 6.45) is 1.67. The van der Waals surface area contributed by atoms with Crippen molar-refractivity contribution in [1.29, 1.82) is 0 Å². The van der Waals surface area contributed by atoms with Crippen LogP contribution in [0.15, 0.2) is 10.6 Å². The molecule has 0 unspecified atom stereocenters. The number of ether oxygens (including phenoxy) is 1. The van der Waals surface area contributed by atoms with Crippen molar-refractivity contribution in [2.75, 3.05) is 0 Å². The van der Waals surface area contributed by atoms with E-state index in [1.165, 1.54) is 0 Å². The summed E-state index contributed by atoms with van der Waals surface area (Å²) in [7, 11) is 0. The second-order valence-corrected chi connectivity index (χ2v) is 2.48. The number of carbonyl (C=O) groups excluding carboxylic acids is 1. The second kappa shape index (κ2) is 1.90. The van der Waals surface area contributed by atoms with Crippen LogP contribution in [0.25, 0.3) is 0 Å². The van der Waals surface area contributed by atoms with Crippen molar-refractivity contribution in [2.45, 2.75) is 13.0 Å². The minimum absolute atomic E-state index is 0.0584. The van der Waals surface area contributed by atoms with Crippen LogP contribution in [-0.4, -0.2) is 12.1 Å². The molecule has 0 saturated carbocycles. The van der Waals surface area contributed by atoms with Crippen molar-refractivity contribution in [3.8, 4) is 0 Å². The lowest BCUT2D eigenvalue weighted by Crippen LogP contribution is -2.01. The van der Waals surface area contributed by atoms with Crippen LogP contribution in [0.3, 0.4) is 0 Å². The van der Waals surface area contributed by atoms with E-state index in [4.69, 9.17) is 4.74 Å². The summed E-state index contributed by atoms with van der Waals surface area (Å²) in [4.78, 5) is 10.4. The molecule has 0 spiro atoms. The Morgan fingerprint density at radius 2 is 2.50 bits per heavy atom. The molecular weight excluding hydrogens is 172 g/mol. The molecule has 3 heteroatoms. The molecule has 0 radical (unpaired) electrons. The van der Waals surface area contributed by atoms with Crippen molar-refractivity contribution in [1.82, 2.24) is 0 Å². The molecule has 1 aliphatic rings. The number of halogens is 1. The molecule has 0 aliphatic carbocycles. The third kappa shape index (κ3) is 0.916. The number of esters is 1. The van der Waals surface area contributed by atoms with Gasteiger partial charge in [-0.2, -0.15) is 0 Å². The molecule has 1 atom stereocenters. The maximum atomic E-state index is 10.4. The molecule has 1 heterocycles. The first-order chi connectivity index (χ1) is 3.70. The zero-order chi connectivity index (χ0) is 6.15. The lowest BCUT2D eigenvalue weighted by Gasteiger charge is -1.95. The summed E-state index contributed by atoms with van der Waals surface area (Å²) in [6.45, 7) is 1.81. The fraction of sp³-hybridized carbons (Fsp3) is 0.400. The highest BCUT2D eigenvalue weighted by atomic mass is 79.9. The van der Waals surface area contributed by atoms with Crippen molar-refractivity contribution in [3.05, 3.63) is 10.6 Å². The average molecular weight is 177 g/mol. The first-order valence-electron chi connectivity index (χ1n) is 2.28. The first-order valence-corrected chi connectivity index (χ1v) is 3.08. The molecule has 0 N–H and O–H groups in total. The van der Waals surface area contributed by atoms with Crippen LogP contribution >= 0.6 is 15.9 Å². The fourth-order valence-corrected chi connectivity index (χ4v) is 0.999. The van der Waals surface area contributed by atoms with Gasteiger partial charge in [-0.05, 0) is 28.9 Å². The van der Waals surface area contributed by atoms with Gasteiger partial charge in [-0.1, -0.05) is 0 Å². The predicted molar refractivity (Wildman–Crippen MR) is 32.6 cm³/mol. The Morgan fingerprint density at radius 1 is 1.88 bits per heavy atom. The minimum Gasteiger partial charge on any atom is -0.454 e. The van der Waals surface area contributed by atoms with Crippen LogP contribution in [0.4, 0.5) is 0 Å². The van der Waals surface area contributed by atoms with Crippen LogP contribution in [0.5, 0.6) is 0 Å². The first kappa shape index (κ1) is 5.82. The standard InChI is InChI=1S/C5H5BrO2/c1-3-2-4(6)5(7)8-3/h2-3H,1H3/t3-/m0/s1. The van der Waals surface area contributed by atoms with Gasteiger partial charge in [-0.3, -0.25) is 0 Å². The summed E-state index contributed by atoms with van der Waals surface area (Å²) in [5, 5.41) is 0. The Morgan fingerprint density at radius 3 is 2.62 bits per heavy atom. The number of rotatable bonds is 0. The van der Waals surface area contributed by atoms with Crippen LogP contribution in [0, 0.1) is 0 Å². The summed E-state index contributed by atoms with van der Waals surface area (Å²) in [5.41, 5.74) is 0. The fourth-order valence-electron chi connectivity index (χ4n) is 0.533. The molecule has 0 bridgehead atoms. The van der Waals surface area contributed by atoms with Gasteiger partial charge in [0.15, 0.2) is 0 Å². The average Bonchev–Trinajstić information content (AvgIpc) is 1.85. The van der Waals surface area contributed by atoms with Gasteiger partial charge in [0.1, 0.15) is 10.6 Å². The highest BCUT2D eigenvalue weighted by molar-refractivity contribution is 9.12. The lowest BCUT2D eigenvalue weighted by atomic mass is 10.4. The van der Waals surface area contributed by atoms with E-state index in [2.05, 4.69) is 15.9 Å². The van der Waals surface area contributed by atoms with E-state index in [1.807, 2.05) is 6.92 Å². The lowest BCUT2D eigenvalue weighted by molar-refractivity contribution is -0.138. The Balaban J connectivity index is 2.73. The van der Waals surface area contributed by atoms with Gasteiger partial charge >= 0.3 is 5.97 Å².